The summed E-state index contributed by atoms with van der Waals surface area (Å²) in [6.45, 7) is 0.257. The van der Waals surface area contributed by atoms with Crippen molar-refractivity contribution in [3.63, 3.8) is 0 Å². The topological polar surface area (TPSA) is 112 Å². The zero-order valence-electron chi connectivity index (χ0n) is 18.6. The number of hydrogen-bond donors (Lipinski definition) is 2. The molecule has 0 saturated carbocycles. The van der Waals surface area contributed by atoms with Crippen LogP contribution in [0.5, 0.6) is 0 Å². The molecule has 0 unspecified atom stereocenters. The van der Waals surface area contributed by atoms with Crippen molar-refractivity contribution in [2.75, 3.05) is 12.4 Å². The highest BCUT2D eigenvalue weighted by Crippen LogP contribution is 2.19. The number of aryl methyl sites for hydroxylation is 1. The molecule has 3 aromatic carbocycles. The Morgan fingerprint density at radius 2 is 1.65 bits per heavy atom. The average Bonchev–Trinajstić information content (AvgIpc) is 2.84. The summed E-state index contributed by atoms with van der Waals surface area (Å²) < 4.78 is 27.0. The second-order valence-corrected chi connectivity index (χ2v) is 9.89. The van der Waals surface area contributed by atoms with Gasteiger partial charge in [-0.25, -0.2) is 13.4 Å². The predicted octanol–water partition coefficient (Wildman–Crippen LogP) is 3.32. The van der Waals surface area contributed by atoms with Crippen molar-refractivity contribution in [3.8, 4) is 0 Å². The van der Waals surface area contributed by atoms with E-state index in [1.807, 2.05) is 30.3 Å². The molecule has 0 saturated heterocycles. The molecular weight excluding hydrogens is 452 g/mol. The number of carbonyl (C=O) groups is 1. The molecule has 0 radical (unpaired) electrons. The van der Waals surface area contributed by atoms with Crippen LogP contribution >= 0.6 is 0 Å². The molecular formula is C25H24N4O4S. The van der Waals surface area contributed by atoms with Gasteiger partial charge in [0.15, 0.2) is 0 Å². The van der Waals surface area contributed by atoms with Gasteiger partial charge in [0, 0.05) is 32.1 Å². The van der Waals surface area contributed by atoms with E-state index in [-0.39, 0.29) is 35.7 Å². The summed E-state index contributed by atoms with van der Waals surface area (Å²) in [4.78, 5) is 31.8. The average molecular weight is 477 g/mol. The number of H-pyrrole nitrogens is 1. The first-order chi connectivity index (χ1) is 16.3. The van der Waals surface area contributed by atoms with Gasteiger partial charge in [-0.15, -0.1) is 0 Å². The lowest BCUT2D eigenvalue weighted by Crippen LogP contribution is -2.26. The van der Waals surface area contributed by atoms with Crippen LogP contribution in [0.4, 0.5) is 5.69 Å². The second kappa shape index (κ2) is 9.98. The molecule has 0 aliphatic rings. The molecule has 1 aromatic heterocycles. The molecule has 174 valence electrons. The quantitative estimate of drug-likeness (QED) is 0.405. The minimum atomic E-state index is -3.67. The summed E-state index contributed by atoms with van der Waals surface area (Å²) in [5.41, 5.74) is 1.71. The van der Waals surface area contributed by atoms with Gasteiger partial charge in [-0.1, -0.05) is 42.5 Å². The van der Waals surface area contributed by atoms with E-state index in [9.17, 15) is 18.0 Å². The number of aromatic nitrogens is 2. The lowest BCUT2D eigenvalue weighted by molar-refractivity contribution is -0.116. The van der Waals surface area contributed by atoms with Crippen LogP contribution in [-0.4, -0.2) is 35.6 Å². The summed E-state index contributed by atoms with van der Waals surface area (Å²) >= 11 is 0. The number of aromatic amines is 1. The van der Waals surface area contributed by atoms with Crippen molar-refractivity contribution in [2.45, 2.75) is 24.3 Å². The van der Waals surface area contributed by atoms with Gasteiger partial charge in [0.05, 0.1) is 15.8 Å². The van der Waals surface area contributed by atoms with Gasteiger partial charge in [0.25, 0.3) is 5.56 Å². The molecule has 1 heterocycles. The summed E-state index contributed by atoms with van der Waals surface area (Å²) in [5, 5.41) is 3.24. The van der Waals surface area contributed by atoms with E-state index in [2.05, 4.69) is 15.3 Å². The maximum Gasteiger partial charge on any atom is 0.258 e. The van der Waals surface area contributed by atoms with Gasteiger partial charge in [0.2, 0.25) is 15.9 Å². The molecule has 0 aliphatic carbocycles. The Hall–Kier alpha value is -3.82. The number of hydrogen-bond acceptors (Lipinski definition) is 5. The standard InChI is InChI=1S/C25H24N4O4S/c1-29(17-18-7-3-2-4-8-18)34(32,33)20-13-11-19(12-14-20)26-24(30)16-15-23-27-22-10-6-5-9-21(22)25(31)28-23/h2-14H,15-17H2,1H3,(H,26,30)(H,27,28,31). The minimum Gasteiger partial charge on any atom is -0.326 e. The predicted molar refractivity (Wildman–Crippen MR) is 131 cm³/mol. The Balaban J connectivity index is 1.36. The number of para-hydroxylation sites is 1. The van der Waals surface area contributed by atoms with Crippen molar-refractivity contribution in [1.29, 1.82) is 0 Å². The van der Waals surface area contributed by atoms with Crippen LogP contribution in [-0.2, 0) is 27.8 Å². The molecule has 0 atom stereocenters. The number of nitrogens with one attached hydrogen (secondary N) is 2. The highest BCUT2D eigenvalue weighted by molar-refractivity contribution is 7.89. The smallest absolute Gasteiger partial charge is 0.258 e. The molecule has 0 aliphatic heterocycles. The number of sulfonamides is 1. The van der Waals surface area contributed by atoms with E-state index < -0.39 is 10.0 Å². The molecule has 4 rings (SSSR count). The number of anilines is 1. The number of fused-ring (bicyclic) bond motifs is 1. The summed E-state index contributed by atoms with van der Waals surface area (Å²) in [6, 6.07) is 22.4. The number of benzene rings is 3. The Morgan fingerprint density at radius 3 is 2.38 bits per heavy atom. The van der Waals surface area contributed by atoms with Crippen LogP contribution in [0.15, 0.2) is 88.6 Å². The largest absolute Gasteiger partial charge is 0.326 e. The van der Waals surface area contributed by atoms with Crippen molar-refractivity contribution >= 4 is 32.5 Å². The molecule has 0 spiro atoms. The Morgan fingerprint density at radius 1 is 0.971 bits per heavy atom. The zero-order chi connectivity index (χ0) is 24.1. The Labute approximate surface area is 197 Å². The van der Waals surface area contributed by atoms with Gasteiger partial charge >= 0.3 is 0 Å². The monoisotopic (exact) mass is 476 g/mol. The first-order valence-electron chi connectivity index (χ1n) is 10.7. The molecule has 0 fully saturated rings. The maximum absolute atomic E-state index is 12.9. The lowest BCUT2D eigenvalue weighted by atomic mass is 10.2. The van der Waals surface area contributed by atoms with Crippen LogP contribution in [0.25, 0.3) is 10.9 Å². The number of carbonyl (C=O) groups excluding carboxylic acids is 1. The van der Waals surface area contributed by atoms with Gasteiger partial charge in [-0.05, 0) is 42.0 Å². The molecule has 0 bridgehead atoms. The third kappa shape index (κ3) is 5.38. The third-order valence-corrected chi connectivity index (χ3v) is 7.16. The highest BCUT2D eigenvalue weighted by atomic mass is 32.2. The fourth-order valence-corrected chi connectivity index (χ4v) is 4.68. The van der Waals surface area contributed by atoms with Crippen LogP contribution in [0.2, 0.25) is 0 Å². The number of rotatable bonds is 8. The molecule has 4 aromatic rings. The molecule has 1 amide bonds. The summed E-state index contributed by atoms with van der Waals surface area (Å²) in [5.74, 6) is 0.161. The van der Waals surface area contributed by atoms with Crippen molar-refractivity contribution in [2.24, 2.45) is 0 Å². The van der Waals surface area contributed by atoms with Crippen molar-refractivity contribution in [3.05, 3.63) is 101 Å². The van der Waals surface area contributed by atoms with Gasteiger partial charge in [-0.3, -0.25) is 9.59 Å². The van der Waals surface area contributed by atoms with Crippen LogP contribution < -0.4 is 10.9 Å². The van der Waals surface area contributed by atoms with Crippen molar-refractivity contribution < 1.29 is 13.2 Å². The minimum absolute atomic E-state index is 0.112. The first kappa shape index (κ1) is 23.3. The molecule has 8 nitrogen and oxygen atoms in total. The van der Waals surface area contributed by atoms with Crippen molar-refractivity contribution in [1.82, 2.24) is 14.3 Å². The molecule has 2 N–H and O–H groups in total. The summed E-state index contributed by atoms with van der Waals surface area (Å²) in [7, 11) is -2.14. The highest BCUT2D eigenvalue weighted by Gasteiger charge is 2.21. The Kier molecular flexibility index (Phi) is 6.85. The van der Waals surface area contributed by atoms with E-state index >= 15 is 0 Å². The lowest BCUT2D eigenvalue weighted by Gasteiger charge is -2.17. The zero-order valence-corrected chi connectivity index (χ0v) is 19.4. The SMILES string of the molecule is CN(Cc1ccccc1)S(=O)(=O)c1ccc(NC(=O)CCc2nc3ccccc3c(=O)[nH]2)cc1. The first-order valence-corrected chi connectivity index (χ1v) is 12.1. The number of amides is 1. The molecule has 9 heteroatoms. The Bertz CT molecular complexity index is 1470. The normalized spacial score (nSPS) is 11.6. The van der Waals surface area contributed by atoms with E-state index in [1.165, 1.54) is 23.5 Å². The fraction of sp³-hybridized carbons (Fsp3) is 0.160. The summed E-state index contributed by atoms with van der Waals surface area (Å²) in [6.07, 6.45) is 0.379. The van der Waals surface area contributed by atoms with Gasteiger partial charge in [0.1, 0.15) is 5.82 Å². The van der Waals surface area contributed by atoms with E-state index in [0.717, 1.165) is 5.56 Å². The van der Waals surface area contributed by atoms with Crippen LogP contribution in [0, 0.1) is 0 Å². The third-order valence-electron chi connectivity index (χ3n) is 5.35. The second-order valence-electron chi connectivity index (χ2n) is 7.85. The van der Waals surface area contributed by atoms with E-state index in [4.69, 9.17) is 0 Å². The van der Waals surface area contributed by atoms with E-state index in [0.29, 0.717) is 22.4 Å². The van der Waals surface area contributed by atoms with Crippen LogP contribution in [0.3, 0.4) is 0 Å². The number of nitrogens with zero attached hydrogens (tertiary/aromatic N) is 2. The van der Waals surface area contributed by atoms with Gasteiger partial charge < -0.3 is 10.3 Å². The van der Waals surface area contributed by atoms with Gasteiger partial charge in [-0.2, -0.15) is 4.31 Å². The van der Waals surface area contributed by atoms with E-state index in [1.54, 1.807) is 36.4 Å². The van der Waals surface area contributed by atoms with Crippen LogP contribution in [0.1, 0.15) is 17.8 Å². The fourth-order valence-electron chi connectivity index (χ4n) is 3.52. The molecule has 34 heavy (non-hydrogen) atoms. The maximum atomic E-state index is 12.9.